The van der Waals surface area contributed by atoms with E-state index < -0.39 is 0 Å². The number of fused-ring (bicyclic) bond motifs is 2. The number of rotatable bonds is 4. The summed E-state index contributed by atoms with van der Waals surface area (Å²) in [4.78, 5) is 0. The molecule has 0 spiro atoms. The van der Waals surface area contributed by atoms with E-state index in [1.165, 1.54) is 32.1 Å². The number of aliphatic hydroxyl groups excluding tert-OH is 1. The molecule has 2 bridgehead atoms. The van der Waals surface area contributed by atoms with Crippen molar-refractivity contribution < 1.29 is 5.11 Å². The van der Waals surface area contributed by atoms with E-state index in [9.17, 15) is 5.11 Å². The highest BCUT2D eigenvalue weighted by Crippen LogP contribution is 2.50. The minimum atomic E-state index is 0.394. The Bertz CT molecular complexity index is 188. The van der Waals surface area contributed by atoms with Crippen molar-refractivity contribution in [1.29, 1.82) is 0 Å². The lowest BCUT2D eigenvalue weighted by Gasteiger charge is -2.27. The van der Waals surface area contributed by atoms with Crippen LogP contribution < -0.4 is 0 Å². The van der Waals surface area contributed by atoms with Crippen molar-refractivity contribution in [3.05, 3.63) is 0 Å². The molecule has 14 heavy (non-hydrogen) atoms. The molecular weight excluding hydrogens is 172 g/mol. The van der Waals surface area contributed by atoms with Gasteiger partial charge in [0, 0.05) is 6.61 Å². The molecule has 2 rings (SSSR count). The Morgan fingerprint density at radius 3 is 2.43 bits per heavy atom. The Balaban J connectivity index is 1.85. The highest BCUT2D eigenvalue weighted by atomic mass is 16.3. The average Bonchev–Trinajstić information content (AvgIpc) is 2.74. The first-order valence-corrected chi connectivity index (χ1v) is 6.31. The number of hydrogen-bond donors (Lipinski definition) is 1. The van der Waals surface area contributed by atoms with Gasteiger partial charge in [0.15, 0.2) is 0 Å². The van der Waals surface area contributed by atoms with Gasteiger partial charge in [0.05, 0.1) is 0 Å². The minimum absolute atomic E-state index is 0.394. The standard InChI is InChI=1S/C13H24O/c1-9(2)13(8-14)7-12-6-10-3-4-11(12)5-10/h9-14H,3-8H2,1-2H3. The predicted molar refractivity (Wildman–Crippen MR) is 59.0 cm³/mol. The van der Waals surface area contributed by atoms with E-state index in [0.29, 0.717) is 18.4 Å². The van der Waals surface area contributed by atoms with Crippen molar-refractivity contribution >= 4 is 0 Å². The van der Waals surface area contributed by atoms with Gasteiger partial charge in [-0.3, -0.25) is 0 Å². The highest BCUT2D eigenvalue weighted by Gasteiger charge is 2.40. The third-order valence-corrected chi connectivity index (χ3v) is 4.67. The second-order valence-electron chi connectivity index (χ2n) is 5.86. The summed E-state index contributed by atoms with van der Waals surface area (Å²) in [7, 11) is 0. The van der Waals surface area contributed by atoms with Gasteiger partial charge in [0.25, 0.3) is 0 Å². The molecule has 82 valence electrons. The van der Waals surface area contributed by atoms with Gasteiger partial charge in [0.1, 0.15) is 0 Å². The summed E-state index contributed by atoms with van der Waals surface area (Å²) >= 11 is 0. The first-order chi connectivity index (χ1) is 6.70. The summed E-state index contributed by atoms with van der Waals surface area (Å²) in [6, 6.07) is 0. The molecule has 0 aromatic rings. The molecule has 0 radical (unpaired) electrons. The lowest BCUT2D eigenvalue weighted by molar-refractivity contribution is 0.145. The molecule has 0 aromatic heterocycles. The van der Waals surface area contributed by atoms with Crippen molar-refractivity contribution in [1.82, 2.24) is 0 Å². The Hall–Kier alpha value is -0.0400. The second kappa shape index (κ2) is 4.22. The summed E-state index contributed by atoms with van der Waals surface area (Å²) in [5, 5.41) is 9.33. The topological polar surface area (TPSA) is 20.2 Å². The molecule has 1 N–H and O–H groups in total. The summed E-state index contributed by atoms with van der Waals surface area (Å²) in [5.74, 6) is 4.23. The fraction of sp³-hybridized carbons (Fsp3) is 1.00. The van der Waals surface area contributed by atoms with Crippen molar-refractivity contribution in [3.8, 4) is 0 Å². The van der Waals surface area contributed by atoms with E-state index in [0.717, 1.165) is 17.8 Å². The molecular formula is C13H24O. The van der Waals surface area contributed by atoms with Gasteiger partial charge in [-0.1, -0.05) is 20.3 Å². The van der Waals surface area contributed by atoms with Crippen LogP contribution in [0.5, 0.6) is 0 Å². The molecule has 2 saturated carbocycles. The van der Waals surface area contributed by atoms with Crippen LogP contribution in [0.25, 0.3) is 0 Å². The minimum Gasteiger partial charge on any atom is -0.396 e. The summed E-state index contributed by atoms with van der Waals surface area (Å²) in [6.45, 7) is 4.88. The third-order valence-electron chi connectivity index (χ3n) is 4.67. The smallest absolute Gasteiger partial charge is 0.0461 e. The van der Waals surface area contributed by atoms with E-state index in [2.05, 4.69) is 13.8 Å². The lowest BCUT2D eigenvalue weighted by Crippen LogP contribution is -2.21. The predicted octanol–water partition coefficient (Wildman–Crippen LogP) is 3.08. The Kier molecular flexibility index (Phi) is 3.16. The van der Waals surface area contributed by atoms with Gasteiger partial charge >= 0.3 is 0 Å². The Morgan fingerprint density at radius 1 is 1.21 bits per heavy atom. The molecule has 2 aliphatic carbocycles. The molecule has 0 aromatic carbocycles. The fourth-order valence-electron chi connectivity index (χ4n) is 3.61. The van der Waals surface area contributed by atoms with Gasteiger partial charge in [-0.05, 0) is 55.3 Å². The van der Waals surface area contributed by atoms with Crippen molar-refractivity contribution in [2.45, 2.75) is 46.0 Å². The van der Waals surface area contributed by atoms with Crippen LogP contribution in [0.3, 0.4) is 0 Å². The zero-order valence-electron chi connectivity index (χ0n) is 9.58. The van der Waals surface area contributed by atoms with Crippen LogP contribution in [0, 0.1) is 29.6 Å². The van der Waals surface area contributed by atoms with Crippen LogP contribution in [0.15, 0.2) is 0 Å². The quantitative estimate of drug-likeness (QED) is 0.732. The molecule has 4 atom stereocenters. The molecule has 0 heterocycles. The first-order valence-electron chi connectivity index (χ1n) is 6.31. The fourth-order valence-corrected chi connectivity index (χ4v) is 3.61. The van der Waals surface area contributed by atoms with E-state index in [-0.39, 0.29) is 0 Å². The monoisotopic (exact) mass is 196 g/mol. The van der Waals surface area contributed by atoms with Crippen molar-refractivity contribution in [3.63, 3.8) is 0 Å². The molecule has 0 saturated heterocycles. The zero-order valence-corrected chi connectivity index (χ0v) is 9.58. The average molecular weight is 196 g/mol. The SMILES string of the molecule is CC(C)C(CO)CC1CC2CCC1C2. The van der Waals surface area contributed by atoms with Crippen molar-refractivity contribution in [2.75, 3.05) is 6.61 Å². The third kappa shape index (κ3) is 1.98. The molecule has 0 aliphatic heterocycles. The van der Waals surface area contributed by atoms with Crippen LogP contribution in [0.2, 0.25) is 0 Å². The van der Waals surface area contributed by atoms with E-state index in [4.69, 9.17) is 0 Å². The number of hydrogen-bond acceptors (Lipinski definition) is 1. The van der Waals surface area contributed by atoms with Gasteiger partial charge in [-0.25, -0.2) is 0 Å². The van der Waals surface area contributed by atoms with Crippen LogP contribution >= 0.6 is 0 Å². The van der Waals surface area contributed by atoms with Gasteiger partial charge < -0.3 is 5.11 Å². The Morgan fingerprint density at radius 2 is 2.00 bits per heavy atom. The molecule has 4 unspecified atom stereocenters. The number of aliphatic hydroxyl groups is 1. The summed E-state index contributed by atoms with van der Waals surface area (Å²) < 4.78 is 0. The first kappa shape index (κ1) is 10.5. The van der Waals surface area contributed by atoms with Crippen LogP contribution in [-0.2, 0) is 0 Å². The normalized spacial score (nSPS) is 38.1. The Labute approximate surface area is 87.9 Å². The van der Waals surface area contributed by atoms with Gasteiger partial charge in [0.2, 0.25) is 0 Å². The molecule has 1 heteroatoms. The largest absolute Gasteiger partial charge is 0.396 e. The zero-order chi connectivity index (χ0) is 10.1. The second-order valence-corrected chi connectivity index (χ2v) is 5.86. The van der Waals surface area contributed by atoms with Crippen molar-refractivity contribution in [2.24, 2.45) is 29.6 Å². The molecule has 1 nitrogen and oxygen atoms in total. The van der Waals surface area contributed by atoms with Crippen LogP contribution in [0.4, 0.5) is 0 Å². The van der Waals surface area contributed by atoms with E-state index >= 15 is 0 Å². The molecule has 0 amide bonds. The maximum Gasteiger partial charge on any atom is 0.0461 e. The maximum absolute atomic E-state index is 9.33. The van der Waals surface area contributed by atoms with Gasteiger partial charge in [-0.15, -0.1) is 0 Å². The molecule has 2 aliphatic rings. The maximum atomic E-state index is 9.33. The summed E-state index contributed by atoms with van der Waals surface area (Å²) in [6.07, 6.45) is 7.22. The molecule has 2 fully saturated rings. The van der Waals surface area contributed by atoms with Gasteiger partial charge in [-0.2, -0.15) is 0 Å². The highest BCUT2D eigenvalue weighted by molar-refractivity contribution is 4.90. The van der Waals surface area contributed by atoms with E-state index in [1.807, 2.05) is 0 Å². The summed E-state index contributed by atoms with van der Waals surface area (Å²) in [5.41, 5.74) is 0. The van der Waals surface area contributed by atoms with E-state index in [1.54, 1.807) is 0 Å². The van der Waals surface area contributed by atoms with Crippen LogP contribution in [-0.4, -0.2) is 11.7 Å². The lowest BCUT2D eigenvalue weighted by atomic mass is 9.79. The van der Waals surface area contributed by atoms with Crippen LogP contribution in [0.1, 0.15) is 46.0 Å².